The average Bonchev–Trinajstić information content (AvgIpc) is 3.29. The zero-order chi connectivity index (χ0) is 26.0. The van der Waals surface area contributed by atoms with Crippen LogP contribution in [0.25, 0.3) is 0 Å². The molecule has 1 aromatic carbocycles. The molecule has 0 saturated carbocycles. The van der Waals surface area contributed by atoms with Crippen molar-refractivity contribution in [1.29, 1.82) is 0 Å². The number of aliphatic hydroxyl groups is 1. The van der Waals surface area contributed by atoms with Gasteiger partial charge in [-0.25, -0.2) is 4.98 Å². The maximum Gasteiger partial charge on any atom is 0.251 e. The van der Waals surface area contributed by atoms with E-state index in [2.05, 4.69) is 15.4 Å². The summed E-state index contributed by atoms with van der Waals surface area (Å²) in [5.41, 5.74) is 8.72. The number of carbonyl (C=O) groups is 2. The first-order valence-electron chi connectivity index (χ1n) is 12.0. The number of hydrogen-bond acceptors (Lipinski definition) is 7. The highest BCUT2D eigenvalue weighted by atomic mass is 16.3. The Balaban J connectivity index is 1.59. The summed E-state index contributed by atoms with van der Waals surface area (Å²) in [6.45, 7) is 4.00. The van der Waals surface area contributed by atoms with Gasteiger partial charge < -0.3 is 10.8 Å². The largest absolute Gasteiger partial charge is 0.384 e. The molecule has 0 bridgehead atoms. The van der Waals surface area contributed by atoms with Gasteiger partial charge >= 0.3 is 0 Å². The number of β-lactam (4-membered cyclic amide) rings is 1. The molecule has 10 nitrogen and oxygen atoms in total. The van der Waals surface area contributed by atoms with E-state index < -0.39 is 18.3 Å². The van der Waals surface area contributed by atoms with Crippen molar-refractivity contribution in [2.75, 3.05) is 17.7 Å². The number of nitrogens with one attached hydrogen (secondary N) is 1. The number of rotatable bonds is 9. The van der Waals surface area contributed by atoms with Gasteiger partial charge in [0.25, 0.3) is 5.91 Å². The molecule has 3 heterocycles. The van der Waals surface area contributed by atoms with Crippen LogP contribution in [-0.2, 0) is 23.1 Å². The highest BCUT2D eigenvalue weighted by Crippen LogP contribution is 2.34. The number of hydrogen-bond donors (Lipinski definition) is 3. The molecule has 0 aliphatic carbocycles. The molecule has 190 valence electrons. The van der Waals surface area contributed by atoms with Crippen molar-refractivity contribution in [1.82, 2.24) is 25.0 Å². The molecule has 0 radical (unpaired) electrons. The molecule has 1 saturated heterocycles. The second-order valence-corrected chi connectivity index (χ2v) is 9.25. The standard InChI is InChI=1S/C26H33N7O3/c1-5-20(18-8-6-7-16(2)13-18)29-26(36)33-23(25(35)32(4)22-10-12-31(3)30-22)19(24(33)34)14-17-9-11-28-21(27)15-17/h6-13,15,19-20,23,26,29,36H,5,14H2,1-4H3,(H2,27,28)/t19-,20-,23+,26?/m1/s1. The van der Waals surface area contributed by atoms with E-state index in [0.29, 0.717) is 24.5 Å². The highest BCUT2D eigenvalue weighted by molar-refractivity contribution is 6.05. The maximum absolute atomic E-state index is 13.6. The van der Waals surface area contributed by atoms with Crippen molar-refractivity contribution in [3.8, 4) is 0 Å². The molecule has 4 atom stereocenters. The van der Waals surface area contributed by atoms with Gasteiger partial charge in [-0.1, -0.05) is 36.8 Å². The van der Waals surface area contributed by atoms with E-state index in [4.69, 9.17) is 5.73 Å². The summed E-state index contributed by atoms with van der Waals surface area (Å²) >= 11 is 0. The van der Waals surface area contributed by atoms with Crippen LogP contribution >= 0.6 is 0 Å². The smallest absolute Gasteiger partial charge is 0.251 e. The summed E-state index contributed by atoms with van der Waals surface area (Å²) in [5, 5.41) is 18.6. The molecular formula is C26H33N7O3. The van der Waals surface area contributed by atoms with Gasteiger partial charge in [-0.05, 0) is 43.0 Å². The Morgan fingerprint density at radius 1 is 1.28 bits per heavy atom. The van der Waals surface area contributed by atoms with E-state index in [9.17, 15) is 14.7 Å². The monoisotopic (exact) mass is 491 g/mol. The predicted octanol–water partition coefficient (Wildman–Crippen LogP) is 1.76. The molecule has 1 aliphatic rings. The van der Waals surface area contributed by atoms with E-state index in [1.54, 1.807) is 49.4 Å². The first-order chi connectivity index (χ1) is 17.2. The lowest BCUT2D eigenvalue weighted by atomic mass is 9.81. The summed E-state index contributed by atoms with van der Waals surface area (Å²) in [5.74, 6) is -0.486. The minimum absolute atomic E-state index is 0.198. The van der Waals surface area contributed by atoms with Crippen LogP contribution in [0.15, 0.2) is 54.9 Å². The summed E-state index contributed by atoms with van der Waals surface area (Å²) in [4.78, 5) is 33.6. The van der Waals surface area contributed by atoms with Gasteiger partial charge in [0, 0.05) is 38.6 Å². The normalized spacial score (nSPS) is 19.0. The number of aliphatic hydroxyl groups excluding tert-OH is 1. The fraction of sp³-hybridized carbons (Fsp3) is 0.385. The minimum atomic E-state index is -1.34. The van der Waals surface area contributed by atoms with Gasteiger partial charge in [0.2, 0.25) is 5.91 Å². The lowest BCUT2D eigenvalue weighted by molar-refractivity contribution is -0.183. The van der Waals surface area contributed by atoms with Gasteiger partial charge in [-0.3, -0.25) is 29.4 Å². The second kappa shape index (κ2) is 10.5. The quantitative estimate of drug-likeness (QED) is 0.307. The number of benzene rings is 1. The third kappa shape index (κ3) is 5.09. The first-order valence-corrected chi connectivity index (χ1v) is 12.0. The molecule has 4 N–H and O–H groups in total. The first kappa shape index (κ1) is 25.3. The van der Waals surface area contributed by atoms with Crippen LogP contribution in [0.3, 0.4) is 0 Å². The predicted molar refractivity (Wildman–Crippen MR) is 136 cm³/mol. The summed E-state index contributed by atoms with van der Waals surface area (Å²) in [6, 6.07) is 12.1. The molecule has 36 heavy (non-hydrogen) atoms. The van der Waals surface area contributed by atoms with Crippen LogP contribution < -0.4 is 16.0 Å². The Bertz CT molecular complexity index is 1240. The van der Waals surface area contributed by atoms with E-state index >= 15 is 0 Å². The average molecular weight is 492 g/mol. The number of nitrogen functional groups attached to an aromatic ring is 1. The number of likely N-dealkylation sites (tertiary alicyclic amines) is 1. The second-order valence-electron chi connectivity index (χ2n) is 9.25. The number of carbonyl (C=O) groups excluding carboxylic acids is 2. The van der Waals surface area contributed by atoms with E-state index in [0.717, 1.165) is 16.7 Å². The summed E-state index contributed by atoms with van der Waals surface area (Å²) < 4.78 is 1.60. The van der Waals surface area contributed by atoms with E-state index in [1.807, 2.05) is 38.1 Å². The van der Waals surface area contributed by atoms with Crippen LogP contribution in [0.4, 0.5) is 11.6 Å². The third-order valence-electron chi connectivity index (χ3n) is 6.65. The molecule has 1 unspecified atom stereocenters. The van der Waals surface area contributed by atoms with Gasteiger partial charge in [-0.15, -0.1) is 0 Å². The van der Waals surface area contributed by atoms with Crippen molar-refractivity contribution in [2.24, 2.45) is 13.0 Å². The lowest BCUT2D eigenvalue weighted by Gasteiger charge is -2.49. The molecule has 3 aromatic rings. The molecule has 0 spiro atoms. The van der Waals surface area contributed by atoms with Gasteiger partial charge in [0.1, 0.15) is 11.9 Å². The van der Waals surface area contributed by atoms with Gasteiger partial charge in [0.15, 0.2) is 12.2 Å². The van der Waals surface area contributed by atoms with Crippen LogP contribution in [0.2, 0.25) is 0 Å². The molecule has 1 fully saturated rings. The highest BCUT2D eigenvalue weighted by Gasteiger charge is 2.55. The Morgan fingerprint density at radius 2 is 2.06 bits per heavy atom. The number of amides is 2. The van der Waals surface area contributed by atoms with Crippen molar-refractivity contribution in [3.63, 3.8) is 0 Å². The summed E-state index contributed by atoms with van der Waals surface area (Å²) in [7, 11) is 3.38. The lowest BCUT2D eigenvalue weighted by Crippen LogP contribution is -2.72. The maximum atomic E-state index is 13.6. The van der Waals surface area contributed by atoms with Crippen LogP contribution in [0, 0.1) is 12.8 Å². The fourth-order valence-corrected chi connectivity index (χ4v) is 4.70. The van der Waals surface area contributed by atoms with Crippen molar-refractivity contribution in [2.45, 2.75) is 45.1 Å². The third-order valence-corrected chi connectivity index (χ3v) is 6.65. The zero-order valence-corrected chi connectivity index (χ0v) is 21.0. The van der Waals surface area contributed by atoms with Crippen molar-refractivity contribution < 1.29 is 14.7 Å². The van der Waals surface area contributed by atoms with Crippen molar-refractivity contribution >= 4 is 23.5 Å². The number of nitrogens with zero attached hydrogens (tertiary/aromatic N) is 5. The van der Waals surface area contributed by atoms with Gasteiger partial charge in [-0.2, -0.15) is 5.10 Å². The van der Waals surface area contributed by atoms with Crippen LogP contribution in [0.1, 0.15) is 36.1 Å². The van der Waals surface area contributed by atoms with Crippen molar-refractivity contribution in [3.05, 3.63) is 71.5 Å². The Kier molecular flexibility index (Phi) is 7.37. The van der Waals surface area contributed by atoms with E-state index in [1.165, 1.54) is 9.80 Å². The molecular weight excluding hydrogens is 458 g/mol. The molecule has 10 heteroatoms. The Labute approximate surface area is 210 Å². The number of pyridine rings is 1. The zero-order valence-electron chi connectivity index (χ0n) is 21.0. The number of aryl methyl sites for hydroxylation is 2. The van der Waals surface area contributed by atoms with Crippen LogP contribution in [0.5, 0.6) is 0 Å². The number of likely N-dealkylation sites (N-methyl/N-ethyl adjacent to an activating group) is 1. The minimum Gasteiger partial charge on any atom is -0.384 e. The molecule has 2 amide bonds. The Morgan fingerprint density at radius 3 is 2.69 bits per heavy atom. The summed E-state index contributed by atoms with van der Waals surface area (Å²) in [6.07, 6.45) is 2.97. The number of nitrogens with two attached hydrogens (primary N) is 1. The van der Waals surface area contributed by atoms with Crippen LogP contribution in [-0.4, -0.2) is 56.0 Å². The Hall–Kier alpha value is -3.76. The topological polar surface area (TPSA) is 130 Å². The van der Waals surface area contributed by atoms with E-state index in [-0.39, 0.29) is 17.9 Å². The van der Waals surface area contributed by atoms with Gasteiger partial charge in [0.05, 0.1) is 5.92 Å². The molecule has 2 aromatic heterocycles. The fourth-order valence-electron chi connectivity index (χ4n) is 4.70. The number of aromatic nitrogens is 3. The number of anilines is 2. The molecule has 1 aliphatic heterocycles. The molecule has 4 rings (SSSR count). The SMILES string of the molecule is CC[C@@H](NC(O)N1C(=O)[C@H](Cc2ccnc(N)c2)[C@H]1C(=O)N(C)c1ccn(C)n1)c1cccc(C)c1.